The summed E-state index contributed by atoms with van der Waals surface area (Å²) >= 11 is 0. The molecule has 1 saturated carbocycles. The number of unbranched alkanes of at least 4 members (excludes halogenated alkanes) is 5. The van der Waals surface area contributed by atoms with Crippen molar-refractivity contribution in [3.05, 3.63) is 21.5 Å². The van der Waals surface area contributed by atoms with Gasteiger partial charge in [-0.25, -0.2) is 31.9 Å². The minimum atomic E-state index is -0.874. The number of rotatable bonds is 22. The van der Waals surface area contributed by atoms with Crippen LogP contribution in [-0.4, -0.2) is 60.2 Å². The summed E-state index contributed by atoms with van der Waals surface area (Å²) in [5.41, 5.74) is 14.5. The van der Waals surface area contributed by atoms with Gasteiger partial charge in [0.05, 0.1) is 6.04 Å². The van der Waals surface area contributed by atoms with Gasteiger partial charge in [0.25, 0.3) is 5.96 Å². The molecule has 1 unspecified atom stereocenters. The monoisotopic (exact) mass is 620 g/mol. The Labute approximate surface area is 260 Å². The molecule has 0 aromatic carbocycles. The number of carbonyl (C=O) groups is 3. The zero-order valence-electron chi connectivity index (χ0n) is 26.3. The van der Waals surface area contributed by atoms with E-state index in [2.05, 4.69) is 31.0 Å². The molecule has 4 amide bonds. The number of hydrogen-bond donors (Lipinski definition) is 6. The fourth-order valence-corrected chi connectivity index (χ4v) is 5.51. The van der Waals surface area contributed by atoms with Crippen LogP contribution in [0.4, 0.5) is 4.79 Å². The van der Waals surface area contributed by atoms with E-state index in [0.29, 0.717) is 19.4 Å². The molecule has 1 aliphatic carbocycles. The molecule has 1 aliphatic rings. The third-order valence-corrected chi connectivity index (χ3v) is 7.59. The number of hydrazine groups is 1. The Balaban J connectivity index is 2.97. The maximum atomic E-state index is 13.7. The molecule has 8 N–H and O–H groups in total. The van der Waals surface area contributed by atoms with Crippen molar-refractivity contribution in [2.24, 2.45) is 39.3 Å². The summed E-state index contributed by atoms with van der Waals surface area (Å²) in [7, 11) is 0. The van der Waals surface area contributed by atoms with Crippen LogP contribution < -0.4 is 33.0 Å². The number of nitrogens with two attached hydrogens (primary N) is 2. The zero-order chi connectivity index (χ0) is 32.7. The fourth-order valence-electron chi connectivity index (χ4n) is 5.51. The molecule has 0 aromatic heterocycles. The van der Waals surface area contributed by atoms with Crippen molar-refractivity contribution in [3.8, 4) is 0 Å². The van der Waals surface area contributed by atoms with Crippen molar-refractivity contribution in [2.75, 3.05) is 13.1 Å². The number of guanidine groups is 1. The molecule has 15 nitrogen and oxygen atoms in total. The van der Waals surface area contributed by atoms with Crippen molar-refractivity contribution in [1.82, 2.24) is 21.5 Å². The van der Waals surface area contributed by atoms with E-state index < -0.39 is 29.1 Å². The van der Waals surface area contributed by atoms with Gasteiger partial charge in [-0.05, 0) is 56.8 Å². The first kappa shape index (κ1) is 38.1. The van der Waals surface area contributed by atoms with Gasteiger partial charge in [0.1, 0.15) is 6.04 Å². The second-order valence-electron chi connectivity index (χ2n) is 11.8. The van der Waals surface area contributed by atoms with Gasteiger partial charge in [0.2, 0.25) is 18.4 Å². The lowest BCUT2D eigenvalue weighted by atomic mass is 9.85. The quantitative estimate of drug-likeness (QED) is 0.0265. The number of nitrogens with one attached hydrogen (secondary N) is 4. The predicted molar refractivity (Wildman–Crippen MR) is 170 cm³/mol. The average Bonchev–Trinajstić information content (AvgIpc) is 3.47. The van der Waals surface area contributed by atoms with E-state index in [1.54, 1.807) is 5.43 Å². The maximum absolute atomic E-state index is 13.7. The average molecular weight is 621 g/mol. The van der Waals surface area contributed by atoms with Crippen molar-refractivity contribution >= 4 is 30.0 Å². The Hall–Kier alpha value is -3.96. The summed E-state index contributed by atoms with van der Waals surface area (Å²) in [6.45, 7) is 11.5. The van der Waals surface area contributed by atoms with Gasteiger partial charge < -0.3 is 26.9 Å². The molecule has 44 heavy (non-hydrogen) atoms. The van der Waals surface area contributed by atoms with Crippen LogP contribution >= 0.6 is 0 Å². The van der Waals surface area contributed by atoms with Crippen LogP contribution in [-0.2, 0) is 9.59 Å². The van der Waals surface area contributed by atoms with E-state index in [-0.39, 0.29) is 42.6 Å². The summed E-state index contributed by atoms with van der Waals surface area (Å²) in [6, 6.07) is -2.22. The number of hydrazone groups is 1. The SMILES string of the molecule is [C-]#[N+]CCCCCCCCC(C(=O)N[C@@H](CCCN=C(N)N[N+](=O)[O-])C(=O)N[C@H](C=NNC(N)=O)CC(C)C)C1CCCC1. The third-order valence-electron chi connectivity index (χ3n) is 7.59. The summed E-state index contributed by atoms with van der Waals surface area (Å²) in [4.78, 5) is 56.2. The number of nitro groups is 1. The molecule has 0 aliphatic heterocycles. The molecular formula is C29H52N10O5. The van der Waals surface area contributed by atoms with Gasteiger partial charge in [-0.1, -0.05) is 57.8 Å². The standard InChI is InChI=1S/C29H52N10O5/c1-21(2)19-23(20-34-37-29(31)42)35-27(41)25(16-12-18-33-28(30)38-39(43)44)36-26(40)24(22-13-9-10-14-22)15-8-6-4-5-7-11-17-32-3/h20-25H,4-19H2,1-2H3,(H,35,41)(H,36,40)(H3,30,33,38)(H3,31,37,42)/t23-,24?,25-/m0/s1. The van der Waals surface area contributed by atoms with Gasteiger partial charge in [-0.2, -0.15) is 5.10 Å². The molecular weight excluding hydrogens is 568 g/mol. The first-order chi connectivity index (χ1) is 21.0. The number of amides is 4. The van der Waals surface area contributed by atoms with Crippen LogP contribution in [0.5, 0.6) is 0 Å². The predicted octanol–water partition coefficient (Wildman–Crippen LogP) is 2.99. The molecule has 3 atom stereocenters. The van der Waals surface area contributed by atoms with Crippen molar-refractivity contribution in [1.29, 1.82) is 0 Å². The molecule has 0 saturated heterocycles. The second kappa shape index (κ2) is 22.6. The highest BCUT2D eigenvalue weighted by Gasteiger charge is 2.33. The molecule has 0 aromatic rings. The van der Waals surface area contributed by atoms with Crippen LogP contribution in [0, 0.1) is 34.4 Å². The lowest BCUT2D eigenvalue weighted by molar-refractivity contribution is -0.525. The normalized spacial score (nSPS) is 15.8. The largest absolute Gasteiger partial charge is 0.365 e. The number of urea groups is 1. The number of nitrogens with zero attached hydrogens (tertiary/aromatic N) is 4. The number of aliphatic imine (C=N–C) groups is 1. The van der Waals surface area contributed by atoms with Crippen LogP contribution in [0.2, 0.25) is 0 Å². The van der Waals surface area contributed by atoms with E-state index in [1.165, 1.54) is 6.21 Å². The highest BCUT2D eigenvalue weighted by atomic mass is 16.7. The number of primary amides is 1. The minimum absolute atomic E-state index is 0.119. The molecule has 1 fully saturated rings. The second-order valence-corrected chi connectivity index (χ2v) is 11.8. The van der Waals surface area contributed by atoms with Crippen LogP contribution in [0.15, 0.2) is 10.1 Å². The van der Waals surface area contributed by atoms with Crippen LogP contribution in [0.3, 0.4) is 0 Å². The van der Waals surface area contributed by atoms with E-state index >= 15 is 0 Å². The Kier molecular flexibility index (Phi) is 19.5. The number of hydrogen-bond acceptors (Lipinski definition) is 7. The molecule has 0 bridgehead atoms. The highest BCUT2D eigenvalue weighted by molar-refractivity contribution is 5.90. The first-order valence-corrected chi connectivity index (χ1v) is 15.8. The van der Waals surface area contributed by atoms with Gasteiger partial charge >= 0.3 is 6.03 Å². The molecule has 248 valence electrons. The summed E-state index contributed by atoms with van der Waals surface area (Å²) in [5.74, 6) is -0.616. The maximum Gasteiger partial charge on any atom is 0.332 e. The Morgan fingerprint density at radius 2 is 1.66 bits per heavy atom. The first-order valence-electron chi connectivity index (χ1n) is 15.8. The van der Waals surface area contributed by atoms with Gasteiger partial charge in [-0.15, -0.1) is 0 Å². The molecule has 0 spiro atoms. The Morgan fingerprint density at radius 1 is 1.00 bits per heavy atom. The smallest absolute Gasteiger partial charge is 0.332 e. The fraction of sp³-hybridized carbons (Fsp3) is 0.793. The summed E-state index contributed by atoms with van der Waals surface area (Å²) in [6.07, 6.45) is 13.5. The van der Waals surface area contributed by atoms with Crippen LogP contribution in [0.1, 0.15) is 104 Å². The molecule has 15 heteroatoms. The Morgan fingerprint density at radius 3 is 2.27 bits per heavy atom. The van der Waals surface area contributed by atoms with Crippen LogP contribution in [0.25, 0.3) is 4.85 Å². The molecule has 0 radical (unpaired) electrons. The minimum Gasteiger partial charge on any atom is -0.365 e. The molecule has 1 rings (SSSR count). The van der Waals surface area contributed by atoms with E-state index in [0.717, 1.165) is 70.6 Å². The van der Waals surface area contributed by atoms with E-state index in [1.807, 2.05) is 13.8 Å². The van der Waals surface area contributed by atoms with Gasteiger partial charge in [0.15, 0.2) is 5.03 Å². The topological polar surface area (TPSA) is 224 Å². The molecule has 0 heterocycles. The highest BCUT2D eigenvalue weighted by Crippen LogP contribution is 2.34. The van der Waals surface area contributed by atoms with Crippen molar-refractivity contribution < 1.29 is 19.4 Å². The third kappa shape index (κ3) is 17.9. The van der Waals surface area contributed by atoms with E-state index in [9.17, 15) is 24.5 Å². The van der Waals surface area contributed by atoms with Crippen molar-refractivity contribution in [2.45, 2.75) is 116 Å². The van der Waals surface area contributed by atoms with Gasteiger partial charge in [0, 0.05) is 25.1 Å². The summed E-state index contributed by atoms with van der Waals surface area (Å²) in [5, 5.41) is 19.5. The van der Waals surface area contributed by atoms with E-state index in [4.69, 9.17) is 18.0 Å². The number of carbonyl (C=O) groups excluding carboxylic acids is 3. The van der Waals surface area contributed by atoms with Gasteiger partial charge in [-0.3, -0.25) is 9.59 Å². The lowest BCUT2D eigenvalue weighted by Gasteiger charge is -2.27. The summed E-state index contributed by atoms with van der Waals surface area (Å²) < 4.78 is 0. The zero-order valence-corrected chi connectivity index (χ0v) is 26.3. The lowest BCUT2D eigenvalue weighted by Crippen LogP contribution is -2.52. The Bertz CT molecular complexity index is 992. The van der Waals surface area contributed by atoms with Crippen molar-refractivity contribution in [3.63, 3.8) is 0 Å².